The third-order valence-electron chi connectivity index (χ3n) is 3.89. The van der Waals surface area contributed by atoms with Gasteiger partial charge in [-0.05, 0) is 12.8 Å². The predicted octanol–water partition coefficient (Wildman–Crippen LogP) is 2.25. The monoisotopic (exact) mass is 292 g/mol. The van der Waals surface area contributed by atoms with E-state index in [1.165, 1.54) is 0 Å². The molecular weight excluding hydrogens is 268 g/mol. The number of nitrogens with zero attached hydrogens (tertiary/aromatic N) is 2. The molecule has 116 valence electrons. The molecule has 6 heteroatoms. The second-order valence-electron chi connectivity index (χ2n) is 5.69. The average Bonchev–Trinajstić information content (AvgIpc) is 2.71. The van der Waals surface area contributed by atoms with Crippen molar-refractivity contribution in [3.8, 4) is 0 Å². The lowest BCUT2D eigenvalue weighted by molar-refractivity contribution is 0.0281. The van der Waals surface area contributed by atoms with Gasteiger partial charge in [0.05, 0.1) is 23.7 Å². The van der Waals surface area contributed by atoms with E-state index < -0.39 is 5.60 Å². The largest absolute Gasteiger partial charge is 0.388 e. The summed E-state index contributed by atoms with van der Waals surface area (Å²) in [4.78, 5) is 20.1. The highest BCUT2D eigenvalue weighted by Gasteiger charge is 2.28. The third kappa shape index (κ3) is 4.97. The molecule has 0 atom stereocenters. The number of urea groups is 1. The van der Waals surface area contributed by atoms with E-state index in [4.69, 9.17) is 0 Å². The van der Waals surface area contributed by atoms with Crippen LogP contribution in [0.25, 0.3) is 0 Å². The number of hydrogen-bond donors (Lipinski definition) is 3. The highest BCUT2D eigenvalue weighted by Crippen LogP contribution is 2.26. The zero-order valence-corrected chi connectivity index (χ0v) is 12.6. The first-order chi connectivity index (χ1) is 10.1. The van der Waals surface area contributed by atoms with E-state index in [1.54, 1.807) is 12.4 Å². The van der Waals surface area contributed by atoms with E-state index in [0.717, 1.165) is 50.8 Å². The fourth-order valence-corrected chi connectivity index (χ4v) is 2.59. The molecule has 2 amide bonds. The Morgan fingerprint density at radius 3 is 2.43 bits per heavy atom. The lowest BCUT2D eigenvalue weighted by Gasteiger charge is -2.26. The van der Waals surface area contributed by atoms with E-state index in [-0.39, 0.29) is 12.6 Å². The summed E-state index contributed by atoms with van der Waals surface area (Å²) < 4.78 is 0. The molecule has 1 aromatic heterocycles. The van der Waals surface area contributed by atoms with Crippen LogP contribution in [-0.4, -0.2) is 33.3 Å². The maximum absolute atomic E-state index is 11.8. The number of aliphatic hydroxyl groups is 1. The van der Waals surface area contributed by atoms with Crippen LogP contribution in [0.5, 0.6) is 0 Å². The number of rotatable bonds is 4. The van der Waals surface area contributed by atoms with Crippen molar-refractivity contribution < 1.29 is 9.90 Å². The number of hydrogen-bond acceptors (Lipinski definition) is 4. The average molecular weight is 292 g/mol. The van der Waals surface area contributed by atoms with E-state index >= 15 is 0 Å². The summed E-state index contributed by atoms with van der Waals surface area (Å²) >= 11 is 0. The van der Waals surface area contributed by atoms with Gasteiger partial charge in [0.2, 0.25) is 0 Å². The van der Waals surface area contributed by atoms with Crippen LogP contribution < -0.4 is 10.6 Å². The molecule has 1 aromatic rings. The summed E-state index contributed by atoms with van der Waals surface area (Å²) in [6.07, 6.45) is 9.81. The number of carbonyl (C=O) groups excluding carboxylic acids is 1. The molecule has 1 saturated carbocycles. The molecule has 0 spiro atoms. The third-order valence-corrected chi connectivity index (χ3v) is 3.89. The molecular formula is C15H24N4O2. The molecule has 0 aromatic carbocycles. The van der Waals surface area contributed by atoms with Crippen molar-refractivity contribution in [2.45, 2.75) is 57.5 Å². The lowest BCUT2D eigenvalue weighted by atomic mass is 9.95. The van der Waals surface area contributed by atoms with Gasteiger partial charge in [0, 0.05) is 13.0 Å². The number of anilines is 1. The Bertz CT molecular complexity index is 453. The molecule has 3 N–H and O–H groups in total. The quantitative estimate of drug-likeness (QED) is 0.743. The molecule has 1 heterocycles. The summed E-state index contributed by atoms with van der Waals surface area (Å²) in [6.45, 7) is 2.26. The Kier molecular flexibility index (Phi) is 5.50. The van der Waals surface area contributed by atoms with Gasteiger partial charge in [0.15, 0.2) is 0 Å². The number of amides is 2. The van der Waals surface area contributed by atoms with Crippen LogP contribution in [0.2, 0.25) is 0 Å². The zero-order chi connectivity index (χ0) is 15.1. The Morgan fingerprint density at radius 2 is 1.86 bits per heavy atom. The fourth-order valence-electron chi connectivity index (χ4n) is 2.59. The normalized spacial score (nSPS) is 17.8. The van der Waals surface area contributed by atoms with Crippen molar-refractivity contribution in [1.29, 1.82) is 0 Å². The summed E-state index contributed by atoms with van der Waals surface area (Å²) in [6, 6.07) is -0.333. The minimum absolute atomic E-state index is 0.284. The molecule has 1 aliphatic rings. The van der Waals surface area contributed by atoms with Gasteiger partial charge < -0.3 is 15.7 Å². The van der Waals surface area contributed by atoms with E-state index in [2.05, 4.69) is 20.6 Å². The number of nitrogens with one attached hydrogen (secondary N) is 2. The molecule has 0 aliphatic heterocycles. The van der Waals surface area contributed by atoms with Crippen LogP contribution in [0, 0.1) is 0 Å². The van der Waals surface area contributed by atoms with Gasteiger partial charge in [-0.1, -0.05) is 32.6 Å². The predicted molar refractivity (Wildman–Crippen MR) is 81.1 cm³/mol. The summed E-state index contributed by atoms with van der Waals surface area (Å²) in [7, 11) is 0. The topological polar surface area (TPSA) is 87.1 Å². The van der Waals surface area contributed by atoms with Crippen LogP contribution >= 0.6 is 0 Å². The molecule has 0 radical (unpaired) electrons. The number of aryl methyl sites for hydroxylation is 1. The standard InChI is InChI=1S/C15H24N4O2/c1-2-13-16-9-12(10-17-13)19-14(20)18-11-15(21)7-5-3-4-6-8-15/h9-10,21H,2-8,11H2,1H3,(H2,18,19,20). The molecule has 6 nitrogen and oxygen atoms in total. The molecule has 21 heavy (non-hydrogen) atoms. The van der Waals surface area contributed by atoms with Crippen molar-refractivity contribution in [2.75, 3.05) is 11.9 Å². The first-order valence-corrected chi connectivity index (χ1v) is 7.69. The maximum Gasteiger partial charge on any atom is 0.319 e. The van der Waals surface area contributed by atoms with Crippen molar-refractivity contribution in [3.05, 3.63) is 18.2 Å². The number of carbonyl (C=O) groups is 1. The fraction of sp³-hybridized carbons (Fsp3) is 0.667. The van der Waals surface area contributed by atoms with E-state index in [9.17, 15) is 9.90 Å². The van der Waals surface area contributed by atoms with Crippen molar-refractivity contribution in [1.82, 2.24) is 15.3 Å². The van der Waals surface area contributed by atoms with Crippen molar-refractivity contribution in [2.24, 2.45) is 0 Å². The Hall–Kier alpha value is -1.69. The van der Waals surface area contributed by atoms with Crippen LogP contribution in [0.3, 0.4) is 0 Å². The van der Waals surface area contributed by atoms with E-state index in [1.807, 2.05) is 6.92 Å². The molecule has 1 fully saturated rings. The van der Waals surface area contributed by atoms with Gasteiger partial charge in [-0.15, -0.1) is 0 Å². The minimum atomic E-state index is -0.767. The highest BCUT2D eigenvalue weighted by molar-refractivity contribution is 5.88. The van der Waals surface area contributed by atoms with Crippen LogP contribution in [0.15, 0.2) is 12.4 Å². The van der Waals surface area contributed by atoms with E-state index in [0.29, 0.717) is 5.69 Å². The van der Waals surface area contributed by atoms with Gasteiger partial charge in [0.25, 0.3) is 0 Å². The molecule has 0 unspecified atom stereocenters. The smallest absolute Gasteiger partial charge is 0.319 e. The van der Waals surface area contributed by atoms with Crippen LogP contribution in [-0.2, 0) is 6.42 Å². The van der Waals surface area contributed by atoms with Gasteiger partial charge in [-0.25, -0.2) is 14.8 Å². The molecule has 0 saturated heterocycles. The van der Waals surface area contributed by atoms with Gasteiger partial charge in [-0.3, -0.25) is 0 Å². The van der Waals surface area contributed by atoms with Crippen molar-refractivity contribution in [3.63, 3.8) is 0 Å². The maximum atomic E-state index is 11.8. The minimum Gasteiger partial charge on any atom is -0.388 e. The second-order valence-corrected chi connectivity index (χ2v) is 5.69. The first-order valence-electron chi connectivity index (χ1n) is 7.69. The van der Waals surface area contributed by atoms with Crippen LogP contribution in [0.1, 0.15) is 51.3 Å². The van der Waals surface area contributed by atoms with Gasteiger partial charge in [-0.2, -0.15) is 0 Å². The number of aromatic nitrogens is 2. The van der Waals surface area contributed by atoms with Crippen LogP contribution in [0.4, 0.5) is 10.5 Å². The lowest BCUT2D eigenvalue weighted by Crippen LogP contribution is -2.44. The second kappa shape index (κ2) is 7.36. The molecule has 1 aliphatic carbocycles. The SMILES string of the molecule is CCc1ncc(NC(=O)NCC2(O)CCCCCC2)cn1. The van der Waals surface area contributed by atoms with Crippen molar-refractivity contribution >= 4 is 11.7 Å². The van der Waals surface area contributed by atoms with Gasteiger partial charge >= 0.3 is 6.03 Å². The first kappa shape index (κ1) is 15.7. The zero-order valence-electron chi connectivity index (χ0n) is 12.6. The Balaban J connectivity index is 1.80. The molecule has 0 bridgehead atoms. The van der Waals surface area contributed by atoms with Gasteiger partial charge in [0.1, 0.15) is 5.82 Å². The summed E-state index contributed by atoms with van der Waals surface area (Å²) in [5, 5.41) is 15.9. The Morgan fingerprint density at radius 1 is 1.24 bits per heavy atom. The summed E-state index contributed by atoms with van der Waals surface area (Å²) in [5.41, 5.74) is -0.214. The summed E-state index contributed by atoms with van der Waals surface area (Å²) in [5.74, 6) is 0.744. The Labute approximate surface area is 125 Å². The molecule has 2 rings (SSSR count). The highest BCUT2D eigenvalue weighted by atomic mass is 16.3.